The van der Waals surface area contributed by atoms with Crippen LogP contribution in [0.15, 0.2) is 90.1 Å². The predicted octanol–water partition coefficient (Wildman–Crippen LogP) is 4.21. The molecule has 0 aliphatic heterocycles. The second-order valence-electron chi connectivity index (χ2n) is 9.54. The minimum atomic E-state index is -4.74. The van der Waals surface area contributed by atoms with E-state index in [1.54, 1.807) is 59.5 Å². The molecule has 0 radical (unpaired) electrons. The zero-order valence-electron chi connectivity index (χ0n) is 23.5. The fourth-order valence-corrected chi connectivity index (χ4v) is 5.22. The molecule has 3 aromatic carbocycles. The maximum absolute atomic E-state index is 13.0. The largest absolute Gasteiger partial charge is 0.497 e. The number of aromatic nitrogens is 2. The Bertz CT molecular complexity index is 1710. The van der Waals surface area contributed by atoms with Gasteiger partial charge in [0.15, 0.2) is 0 Å². The van der Waals surface area contributed by atoms with E-state index in [2.05, 4.69) is 10.4 Å². The van der Waals surface area contributed by atoms with Gasteiger partial charge < -0.3 is 14.8 Å². The third kappa shape index (κ3) is 8.83. The summed E-state index contributed by atoms with van der Waals surface area (Å²) in [5, 5.41) is 6.95. The molecule has 4 rings (SSSR count). The molecule has 0 aliphatic carbocycles. The van der Waals surface area contributed by atoms with Crippen molar-refractivity contribution in [1.29, 1.82) is 0 Å². The number of carbonyl (C=O) groups is 2. The molecule has 2 amide bonds. The smallest absolute Gasteiger partial charge is 0.416 e. The van der Waals surface area contributed by atoms with Crippen LogP contribution < -0.4 is 19.5 Å². The highest BCUT2D eigenvalue weighted by Crippen LogP contribution is 2.30. The Labute approximate surface area is 251 Å². The van der Waals surface area contributed by atoms with Gasteiger partial charge in [-0.05, 0) is 66.1 Å². The van der Waals surface area contributed by atoms with Gasteiger partial charge in [0, 0.05) is 24.4 Å². The predicted molar refractivity (Wildman–Crippen MR) is 154 cm³/mol. The van der Waals surface area contributed by atoms with Crippen LogP contribution in [-0.2, 0) is 34.0 Å². The average Bonchev–Trinajstić information content (AvgIpc) is 3.51. The first-order valence-electron chi connectivity index (χ1n) is 13.3. The van der Waals surface area contributed by atoms with Crippen molar-refractivity contribution in [3.05, 3.63) is 107 Å². The van der Waals surface area contributed by atoms with Crippen molar-refractivity contribution in [3.63, 3.8) is 0 Å². The molecule has 0 saturated heterocycles. The lowest BCUT2D eigenvalue weighted by Gasteiger charge is -2.15. The van der Waals surface area contributed by atoms with Crippen LogP contribution in [0.5, 0.6) is 11.5 Å². The number of alkyl halides is 3. The Morgan fingerprint density at radius 1 is 1.00 bits per heavy atom. The Morgan fingerprint density at radius 2 is 1.80 bits per heavy atom. The summed E-state index contributed by atoms with van der Waals surface area (Å²) in [4.78, 5) is 24.4. The van der Waals surface area contributed by atoms with E-state index in [1.165, 1.54) is 7.11 Å². The lowest BCUT2D eigenvalue weighted by atomic mass is 10.1. The lowest BCUT2D eigenvalue weighted by molar-refractivity contribution is -0.137. The molecule has 2 N–H and O–H groups in total. The second-order valence-corrected chi connectivity index (χ2v) is 11.2. The summed E-state index contributed by atoms with van der Waals surface area (Å²) in [6, 6.07) is 16.9. The molecule has 0 atom stereocenters. The Balaban J connectivity index is 1.40. The Morgan fingerprint density at radius 3 is 2.52 bits per heavy atom. The molecular weight excluding hydrogens is 601 g/mol. The number of methoxy groups -OCH3 is 1. The van der Waals surface area contributed by atoms with Crippen molar-refractivity contribution in [1.82, 2.24) is 19.8 Å². The second kappa shape index (κ2) is 14.1. The van der Waals surface area contributed by atoms with Gasteiger partial charge in [0.2, 0.25) is 5.91 Å². The molecule has 0 unspecified atom stereocenters. The SMILES string of the molecule is COc1cccc(C(=O)NCCOc2cc(Cn3cccn3)ccc2CCC(=O)NS(=O)(=O)c2cccc(C(F)(F)F)c2)c1. The fourth-order valence-electron chi connectivity index (χ4n) is 4.16. The van der Waals surface area contributed by atoms with Gasteiger partial charge >= 0.3 is 6.18 Å². The molecule has 44 heavy (non-hydrogen) atoms. The van der Waals surface area contributed by atoms with Gasteiger partial charge in [-0.15, -0.1) is 0 Å². The van der Waals surface area contributed by atoms with Crippen molar-refractivity contribution in [2.24, 2.45) is 0 Å². The van der Waals surface area contributed by atoms with Crippen LogP contribution in [0.4, 0.5) is 13.2 Å². The van der Waals surface area contributed by atoms with E-state index in [1.807, 2.05) is 10.8 Å². The van der Waals surface area contributed by atoms with Crippen molar-refractivity contribution in [2.75, 3.05) is 20.3 Å². The van der Waals surface area contributed by atoms with Crippen molar-refractivity contribution in [2.45, 2.75) is 30.5 Å². The number of amides is 2. The van der Waals surface area contributed by atoms with Gasteiger partial charge in [-0.1, -0.05) is 24.3 Å². The van der Waals surface area contributed by atoms with Crippen LogP contribution >= 0.6 is 0 Å². The molecule has 1 heterocycles. The standard InChI is InChI=1S/C30H29F3N4O6S/c1-42-25-7-2-5-23(18-25)29(39)34-14-16-43-27-17-21(20-37-15-4-13-35-37)9-10-22(27)11-12-28(38)36-44(40,41)26-8-3-6-24(19-26)30(31,32)33/h2-10,13,15,17-19H,11-12,14,16,20H2,1H3,(H,34,39)(H,36,38). The minimum Gasteiger partial charge on any atom is -0.497 e. The number of hydrogen-bond acceptors (Lipinski definition) is 7. The van der Waals surface area contributed by atoms with Gasteiger partial charge in [0.1, 0.15) is 18.1 Å². The summed E-state index contributed by atoms with van der Waals surface area (Å²) >= 11 is 0. The molecule has 10 nitrogen and oxygen atoms in total. The number of ether oxygens (including phenoxy) is 2. The zero-order chi connectivity index (χ0) is 31.7. The number of halogens is 3. The van der Waals surface area contributed by atoms with E-state index in [0.717, 1.165) is 23.8 Å². The summed E-state index contributed by atoms with van der Waals surface area (Å²) in [5.41, 5.74) is 0.686. The van der Waals surface area contributed by atoms with E-state index >= 15 is 0 Å². The number of benzene rings is 3. The number of rotatable bonds is 13. The number of nitrogens with zero attached hydrogens (tertiary/aromatic N) is 2. The molecule has 232 valence electrons. The summed E-state index contributed by atoms with van der Waals surface area (Å²) in [7, 11) is -3.03. The van der Waals surface area contributed by atoms with Crippen molar-refractivity contribution in [3.8, 4) is 11.5 Å². The topological polar surface area (TPSA) is 129 Å². The molecular formula is C30H29F3N4O6S. The molecule has 0 bridgehead atoms. The van der Waals surface area contributed by atoms with Crippen LogP contribution in [0.2, 0.25) is 0 Å². The van der Waals surface area contributed by atoms with Crippen LogP contribution in [0, 0.1) is 0 Å². The number of sulfonamides is 1. The van der Waals surface area contributed by atoms with E-state index < -0.39 is 32.6 Å². The molecule has 0 aliphatic rings. The minimum absolute atomic E-state index is 0.0670. The highest BCUT2D eigenvalue weighted by atomic mass is 32.2. The molecule has 0 saturated carbocycles. The van der Waals surface area contributed by atoms with E-state index in [4.69, 9.17) is 9.47 Å². The number of aryl methyl sites for hydroxylation is 1. The van der Waals surface area contributed by atoms with Crippen LogP contribution in [0.25, 0.3) is 0 Å². The van der Waals surface area contributed by atoms with E-state index in [9.17, 15) is 31.2 Å². The Kier molecular flexibility index (Phi) is 10.3. The monoisotopic (exact) mass is 630 g/mol. The Hall–Kier alpha value is -4.85. The van der Waals surface area contributed by atoms with Gasteiger partial charge in [-0.2, -0.15) is 18.3 Å². The van der Waals surface area contributed by atoms with E-state index in [-0.39, 0.29) is 31.9 Å². The molecule has 0 fully saturated rings. The maximum atomic E-state index is 13.0. The molecule has 4 aromatic rings. The van der Waals surface area contributed by atoms with Gasteiger partial charge in [-0.25, -0.2) is 13.1 Å². The van der Waals surface area contributed by atoms with Gasteiger partial charge in [0.25, 0.3) is 15.9 Å². The van der Waals surface area contributed by atoms with Crippen molar-refractivity contribution < 1.29 is 40.7 Å². The lowest BCUT2D eigenvalue weighted by Crippen LogP contribution is -2.31. The average molecular weight is 631 g/mol. The van der Waals surface area contributed by atoms with Crippen LogP contribution in [0.3, 0.4) is 0 Å². The third-order valence-electron chi connectivity index (χ3n) is 6.35. The number of nitrogens with one attached hydrogen (secondary N) is 2. The third-order valence-corrected chi connectivity index (χ3v) is 7.72. The number of hydrogen-bond donors (Lipinski definition) is 2. The first-order valence-corrected chi connectivity index (χ1v) is 14.8. The molecule has 0 spiro atoms. The van der Waals surface area contributed by atoms with Crippen LogP contribution in [-0.4, -0.2) is 50.3 Å². The van der Waals surface area contributed by atoms with Crippen molar-refractivity contribution >= 4 is 21.8 Å². The first kappa shape index (κ1) is 32.1. The number of carbonyl (C=O) groups excluding carboxylic acids is 2. The molecule has 14 heteroatoms. The summed E-state index contributed by atoms with van der Waals surface area (Å²) in [6.07, 6.45) is -1.54. The highest BCUT2D eigenvalue weighted by Gasteiger charge is 2.32. The zero-order valence-corrected chi connectivity index (χ0v) is 24.3. The summed E-state index contributed by atoms with van der Waals surface area (Å²) in [6.45, 7) is 0.685. The highest BCUT2D eigenvalue weighted by molar-refractivity contribution is 7.90. The normalized spacial score (nSPS) is 11.5. The van der Waals surface area contributed by atoms with E-state index in [0.29, 0.717) is 35.2 Å². The van der Waals surface area contributed by atoms with Gasteiger partial charge in [-0.3, -0.25) is 14.3 Å². The van der Waals surface area contributed by atoms with Crippen LogP contribution in [0.1, 0.15) is 33.5 Å². The maximum Gasteiger partial charge on any atom is 0.416 e. The van der Waals surface area contributed by atoms with Gasteiger partial charge in [0.05, 0.1) is 30.7 Å². The quantitative estimate of drug-likeness (QED) is 0.212. The summed E-state index contributed by atoms with van der Waals surface area (Å²) < 4.78 is 78.9. The summed E-state index contributed by atoms with van der Waals surface area (Å²) in [5.74, 6) is -0.267. The fraction of sp³-hybridized carbons (Fsp3) is 0.233. The first-order chi connectivity index (χ1) is 20.9. The molecule has 1 aromatic heterocycles.